The Morgan fingerprint density at radius 2 is 2.06 bits per heavy atom. The zero-order valence-corrected chi connectivity index (χ0v) is 9.93. The van der Waals surface area contributed by atoms with E-state index in [2.05, 4.69) is 37.3 Å². The van der Waals surface area contributed by atoms with Gasteiger partial charge >= 0.3 is 0 Å². The molecule has 1 saturated heterocycles. The molecule has 2 nitrogen and oxygen atoms in total. The molecule has 1 aliphatic heterocycles. The van der Waals surface area contributed by atoms with Crippen LogP contribution >= 0.6 is 0 Å². The van der Waals surface area contributed by atoms with Crippen LogP contribution in [0.15, 0.2) is 30.3 Å². The van der Waals surface area contributed by atoms with E-state index in [1.54, 1.807) is 0 Å². The molecule has 3 atom stereocenters. The van der Waals surface area contributed by atoms with Crippen LogP contribution in [-0.4, -0.2) is 18.8 Å². The largest absolute Gasteiger partial charge is 0.375 e. The van der Waals surface area contributed by atoms with Gasteiger partial charge in [0.1, 0.15) is 0 Å². The van der Waals surface area contributed by atoms with Crippen molar-refractivity contribution in [2.45, 2.75) is 38.4 Å². The van der Waals surface area contributed by atoms with E-state index < -0.39 is 0 Å². The van der Waals surface area contributed by atoms with E-state index in [9.17, 15) is 0 Å². The second-order valence-electron chi connectivity index (χ2n) is 4.73. The normalized spacial score (nSPS) is 29.5. The minimum absolute atomic E-state index is 0.372. The van der Waals surface area contributed by atoms with Crippen LogP contribution in [0.5, 0.6) is 0 Å². The molecule has 1 aliphatic rings. The molecule has 1 heterocycles. The summed E-state index contributed by atoms with van der Waals surface area (Å²) in [6.45, 7) is 2.92. The minimum Gasteiger partial charge on any atom is -0.375 e. The summed E-state index contributed by atoms with van der Waals surface area (Å²) in [6.07, 6.45) is 4.04. The fraction of sp³-hybridized carbons (Fsp3) is 0.571. The molecule has 2 rings (SSSR count). The summed E-state index contributed by atoms with van der Waals surface area (Å²) in [6, 6.07) is 10.7. The third kappa shape index (κ3) is 2.83. The highest BCUT2D eigenvalue weighted by Crippen LogP contribution is 2.30. The Balaban J connectivity index is 1.91. The Labute approximate surface area is 97.8 Å². The summed E-state index contributed by atoms with van der Waals surface area (Å²) in [5.41, 5.74) is 6.99. The van der Waals surface area contributed by atoms with Crippen molar-refractivity contribution >= 4 is 0 Å². The van der Waals surface area contributed by atoms with Crippen LogP contribution in [0, 0.1) is 5.92 Å². The number of ether oxygens (including phenoxy) is 1. The lowest BCUT2D eigenvalue weighted by atomic mass is 9.92. The van der Waals surface area contributed by atoms with Gasteiger partial charge in [0.25, 0.3) is 0 Å². The number of hydrogen-bond acceptors (Lipinski definition) is 2. The van der Waals surface area contributed by atoms with Crippen molar-refractivity contribution < 1.29 is 4.74 Å². The molecule has 0 radical (unpaired) electrons. The van der Waals surface area contributed by atoms with E-state index in [-0.39, 0.29) is 0 Å². The molecule has 16 heavy (non-hydrogen) atoms. The van der Waals surface area contributed by atoms with Crippen LogP contribution in [0.4, 0.5) is 0 Å². The van der Waals surface area contributed by atoms with Crippen molar-refractivity contribution in [3.63, 3.8) is 0 Å². The predicted octanol–water partition coefficient (Wildman–Crippen LogP) is 2.37. The second-order valence-corrected chi connectivity index (χ2v) is 4.73. The van der Waals surface area contributed by atoms with Gasteiger partial charge in [0.05, 0.1) is 12.2 Å². The quantitative estimate of drug-likeness (QED) is 0.843. The smallest absolute Gasteiger partial charge is 0.0594 e. The van der Waals surface area contributed by atoms with Crippen LogP contribution in [0.25, 0.3) is 0 Å². The third-order valence-electron chi connectivity index (χ3n) is 3.47. The summed E-state index contributed by atoms with van der Waals surface area (Å²) < 4.78 is 5.91. The molecule has 0 amide bonds. The summed E-state index contributed by atoms with van der Waals surface area (Å²) in [5.74, 6) is 0.652. The average molecular weight is 219 g/mol. The Hall–Kier alpha value is -0.860. The highest BCUT2D eigenvalue weighted by atomic mass is 16.5. The van der Waals surface area contributed by atoms with Gasteiger partial charge in [-0.3, -0.25) is 0 Å². The molecular formula is C14H21NO. The first-order valence-electron chi connectivity index (χ1n) is 6.19. The van der Waals surface area contributed by atoms with E-state index in [0.29, 0.717) is 18.1 Å². The number of nitrogens with two attached hydrogens (primary N) is 1. The summed E-state index contributed by atoms with van der Waals surface area (Å²) >= 11 is 0. The zero-order valence-electron chi connectivity index (χ0n) is 9.93. The molecule has 0 spiro atoms. The summed E-state index contributed by atoms with van der Waals surface area (Å²) in [7, 11) is 0. The lowest BCUT2D eigenvalue weighted by molar-refractivity contribution is 0.0430. The van der Waals surface area contributed by atoms with Gasteiger partial charge in [-0.2, -0.15) is 0 Å². The van der Waals surface area contributed by atoms with Crippen LogP contribution in [0.3, 0.4) is 0 Å². The van der Waals surface area contributed by atoms with Crippen LogP contribution in [0.2, 0.25) is 0 Å². The van der Waals surface area contributed by atoms with E-state index >= 15 is 0 Å². The van der Waals surface area contributed by atoms with Gasteiger partial charge in [0.15, 0.2) is 0 Å². The molecule has 2 heteroatoms. The van der Waals surface area contributed by atoms with E-state index in [1.807, 2.05) is 0 Å². The Kier molecular flexibility index (Phi) is 3.97. The molecule has 1 aromatic rings. The zero-order chi connectivity index (χ0) is 11.4. The number of hydrogen-bond donors (Lipinski definition) is 1. The number of rotatable bonds is 4. The monoisotopic (exact) mass is 219 g/mol. The van der Waals surface area contributed by atoms with Crippen molar-refractivity contribution in [1.82, 2.24) is 0 Å². The first-order chi connectivity index (χ1) is 7.79. The Morgan fingerprint density at radius 3 is 2.75 bits per heavy atom. The van der Waals surface area contributed by atoms with Gasteiger partial charge in [0, 0.05) is 0 Å². The Morgan fingerprint density at radius 1 is 1.31 bits per heavy atom. The molecule has 1 fully saturated rings. The van der Waals surface area contributed by atoms with Gasteiger partial charge in [-0.1, -0.05) is 30.3 Å². The molecule has 2 N–H and O–H groups in total. The van der Waals surface area contributed by atoms with Crippen molar-refractivity contribution in [3.05, 3.63) is 35.9 Å². The lowest BCUT2D eigenvalue weighted by Crippen LogP contribution is -2.14. The molecule has 88 valence electrons. The molecule has 1 aromatic carbocycles. The van der Waals surface area contributed by atoms with Crippen LogP contribution in [0.1, 0.15) is 25.3 Å². The number of benzene rings is 1. The maximum atomic E-state index is 5.91. The highest BCUT2D eigenvalue weighted by molar-refractivity contribution is 5.15. The van der Waals surface area contributed by atoms with Gasteiger partial charge in [0.2, 0.25) is 0 Å². The SMILES string of the molecule is C[C@@H]1O[C@H](CCN)C[C@H]1Cc1ccccc1. The fourth-order valence-corrected chi connectivity index (χ4v) is 2.54. The van der Waals surface area contributed by atoms with Crippen molar-refractivity contribution in [3.8, 4) is 0 Å². The molecule has 0 aromatic heterocycles. The molecule has 0 saturated carbocycles. The topological polar surface area (TPSA) is 35.2 Å². The predicted molar refractivity (Wildman–Crippen MR) is 66.3 cm³/mol. The third-order valence-corrected chi connectivity index (χ3v) is 3.47. The summed E-state index contributed by atoms with van der Waals surface area (Å²) in [5, 5.41) is 0. The van der Waals surface area contributed by atoms with Crippen molar-refractivity contribution in [2.24, 2.45) is 11.7 Å². The van der Waals surface area contributed by atoms with Gasteiger partial charge in [-0.25, -0.2) is 0 Å². The van der Waals surface area contributed by atoms with Crippen LogP contribution < -0.4 is 5.73 Å². The molecule has 0 aliphatic carbocycles. The van der Waals surface area contributed by atoms with Gasteiger partial charge in [-0.15, -0.1) is 0 Å². The van der Waals surface area contributed by atoms with Crippen molar-refractivity contribution in [2.75, 3.05) is 6.54 Å². The minimum atomic E-state index is 0.372. The lowest BCUT2D eigenvalue weighted by Gasteiger charge is -2.13. The highest BCUT2D eigenvalue weighted by Gasteiger charge is 2.31. The maximum Gasteiger partial charge on any atom is 0.0594 e. The standard InChI is InChI=1S/C14H21NO/c1-11-13(10-14(16-11)7-8-15)9-12-5-3-2-4-6-12/h2-6,11,13-14H,7-10,15H2,1H3/t11-,13+,14+/m0/s1. The molecule has 0 unspecified atom stereocenters. The molecular weight excluding hydrogens is 198 g/mol. The first-order valence-corrected chi connectivity index (χ1v) is 6.19. The van der Waals surface area contributed by atoms with Crippen molar-refractivity contribution in [1.29, 1.82) is 0 Å². The van der Waals surface area contributed by atoms with Gasteiger partial charge in [-0.05, 0) is 44.2 Å². The molecule has 0 bridgehead atoms. The van der Waals surface area contributed by atoms with E-state index in [4.69, 9.17) is 10.5 Å². The van der Waals surface area contributed by atoms with Gasteiger partial charge < -0.3 is 10.5 Å². The van der Waals surface area contributed by atoms with Crippen LogP contribution in [-0.2, 0) is 11.2 Å². The Bertz CT molecular complexity index is 312. The average Bonchev–Trinajstić information content (AvgIpc) is 2.61. The fourth-order valence-electron chi connectivity index (χ4n) is 2.54. The second kappa shape index (κ2) is 5.46. The van der Waals surface area contributed by atoms with E-state index in [0.717, 1.165) is 25.8 Å². The summed E-state index contributed by atoms with van der Waals surface area (Å²) in [4.78, 5) is 0. The maximum absolute atomic E-state index is 5.91. The van der Waals surface area contributed by atoms with E-state index in [1.165, 1.54) is 5.56 Å². The first kappa shape index (κ1) is 11.6.